The van der Waals surface area contributed by atoms with Crippen molar-refractivity contribution in [2.75, 3.05) is 26.2 Å². The van der Waals surface area contributed by atoms with Crippen LogP contribution in [0.3, 0.4) is 0 Å². The van der Waals surface area contributed by atoms with Crippen molar-refractivity contribution in [2.24, 2.45) is 5.92 Å². The SMILES string of the molecule is CCCN(CC1CCNCC1)C(=O)c1ccc[nH]1. The highest BCUT2D eigenvalue weighted by molar-refractivity contribution is 5.92. The number of piperidine rings is 1. The molecule has 1 fully saturated rings. The fourth-order valence-corrected chi connectivity index (χ4v) is 2.56. The van der Waals surface area contributed by atoms with Gasteiger partial charge in [0.25, 0.3) is 5.91 Å². The maximum absolute atomic E-state index is 12.3. The third kappa shape index (κ3) is 3.35. The number of aromatic amines is 1. The van der Waals surface area contributed by atoms with Crippen LogP contribution in [0.2, 0.25) is 0 Å². The summed E-state index contributed by atoms with van der Waals surface area (Å²) in [4.78, 5) is 17.4. The van der Waals surface area contributed by atoms with Gasteiger partial charge in [-0.15, -0.1) is 0 Å². The van der Waals surface area contributed by atoms with Crippen molar-refractivity contribution in [3.05, 3.63) is 24.0 Å². The van der Waals surface area contributed by atoms with Crippen LogP contribution in [-0.2, 0) is 0 Å². The Hall–Kier alpha value is -1.29. The molecule has 2 N–H and O–H groups in total. The molecule has 0 unspecified atom stereocenters. The lowest BCUT2D eigenvalue weighted by atomic mass is 9.97. The number of carbonyl (C=O) groups excluding carboxylic acids is 1. The molecule has 1 aromatic rings. The predicted octanol–water partition coefficient (Wildman–Crippen LogP) is 1.87. The van der Waals surface area contributed by atoms with E-state index in [0.29, 0.717) is 11.6 Å². The summed E-state index contributed by atoms with van der Waals surface area (Å²) in [5.74, 6) is 0.789. The van der Waals surface area contributed by atoms with Gasteiger partial charge in [-0.3, -0.25) is 4.79 Å². The van der Waals surface area contributed by atoms with Gasteiger partial charge in [-0.1, -0.05) is 6.92 Å². The second-order valence-electron chi connectivity index (χ2n) is 5.03. The molecule has 2 rings (SSSR count). The number of carbonyl (C=O) groups is 1. The number of H-pyrrole nitrogens is 1. The zero-order chi connectivity index (χ0) is 12.8. The molecule has 0 bridgehead atoms. The number of hydrogen-bond acceptors (Lipinski definition) is 2. The maximum Gasteiger partial charge on any atom is 0.270 e. The van der Waals surface area contributed by atoms with Crippen LogP contribution in [0.4, 0.5) is 0 Å². The van der Waals surface area contributed by atoms with E-state index in [1.54, 1.807) is 0 Å². The molecular weight excluding hydrogens is 226 g/mol. The molecule has 2 heterocycles. The summed E-state index contributed by atoms with van der Waals surface area (Å²) in [5.41, 5.74) is 0.706. The Labute approximate surface area is 109 Å². The van der Waals surface area contributed by atoms with Gasteiger partial charge in [-0.2, -0.15) is 0 Å². The highest BCUT2D eigenvalue weighted by Gasteiger charge is 2.21. The Balaban J connectivity index is 1.96. The van der Waals surface area contributed by atoms with Gasteiger partial charge in [-0.25, -0.2) is 0 Å². The number of nitrogens with one attached hydrogen (secondary N) is 2. The summed E-state index contributed by atoms with van der Waals surface area (Å²) in [5, 5.41) is 3.37. The fraction of sp³-hybridized carbons (Fsp3) is 0.643. The maximum atomic E-state index is 12.3. The molecule has 0 radical (unpaired) electrons. The first-order chi connectivity index (χ1) is 8.81. The molecular formula is C14H23N3O. The van der Waals surface area contributed by atoms with E-state index in [1.807, 2.05) is 23.2 Å². The predicted molar refractivity (Wildman–Crippen MR) is 72.6 cm³/mol. The van der Waals surface area contributed by atoms with Crippen molar-refractivity contribution in [1.29, 1.82) is 0 Å². The number of aromatic nitrogens is 1. The van der Waals surface area contributed by atoms with Crippen molar-refractivity contribution >= 4 is 5.91 Å². The largest absolute Gasteiger partial charge is 0.357 e. The summed E-state index contributed by atoms with van der Waals surface area (Å²) < 4.78 is 0. The zero-order valence-electron chi connectivity index (χ0n) is 11.1. The van der Waals surface area contributed by atoms with E-state index in [1.165, 1.54) is 12.8 Å². The summed E-state index contributed by atoms with van der Waals surface area (Å²) >= 11 is 0. The van der Waals surface area contributed by atoms with E-state index in [9.17, 15) is 4.79 Å². The normalized spacial score (nSPS) is 16.7. The Kier molecular flexibility index (Phi) is 4.81. The Morgan fingerprint density at radius 1 is 1.44 bits per heavy atom. The lowest BCUT2D eigenvalue weighted by Gasteiger charge is -2.29. The van der Waals surface area contributed by atoms with E-state index in [-0.39, 0.29) is 5.91 Å². The van der Waals surface area contributed by atoms with Crippen LogP contribution in [0.15, 0.2) is 18.3 Å². The third-order valence-electron chi connectivity index (χ3n) is 3.55. The summed E-state index contributed by atoms with van der Waals surface area (Å²) in [6, 6.07) is 3.73. The molecule has 1 amide bonds. The van der Waals surface area contributed by atoms with Gasteiger partial charge >= 0.3 is 0 Å². The first-order valence-electron chi connectivity index (χ1n) is 6.94. The number of nitrogens with zero attached hydrogens (tertiary/aromatic N) is 1. The van der Waals surface area contributed by atoms with Crippen molar-refractivity contribution in [3.8, 4) is 0 Å². The van der Waals surface area contributed by atoms with E-state index in [0.717, 1.165) is 32.6 Å². The van der Waals surface area contributed by atoms with Crippen molar-refractivity contribution in [3.63, 3.8) is 0 Å². The molecule has 1 aromatic heterocycles. The molecule has 18 heavy (non-hydrogen) atoms. The molecule has 0 saturated carbocycles. The second-order valence-corrected chi connectivity index (χ2v) is 5.03. The minimum absolute atomic E-state index is 0.139. The first kappa shape index (κ1) is 13.1. The second kappa shape index (κ2) is 6.59. The Morgan fingerprint density at radius 2 is 2.22 bits per heavy atom. The number of hydrogen-bond donors (Lipinski definition) is 2. The van der Waals surface area contributed by atoms with Gasteiger partial charge in [0, 0.05) is 19.3 Å². The third-order valence-corrected chi connectivity index (χ3v) is 3.55. The summed E-state index contributed by atoms with van der Waals surface area (Å²) in [6.45, 7) is 6.04. The highest BCUT2D eigenvalue weighted by Crippen LogP contribution is 2.15. The van der Waals surface area contributed by atoms with Crippen LogP contribution in [0.1, 0.15) is 36.7 Å². The molecule has 1 aliphatic rings. The van der Waals surface area contributed by atoms with Crippen molar-refractivity contribution in [2.45, 2.75) is 26.2 Å². The fourth-order valence-electron chi connectivity index (χ4n) is 2.56. The lowest BCUT2D eigenvalue weighted by Crippen LogP contribution is -2.39. The lowest BCUT2D eigenvalue weighted by molar-refractivity contribution is 0.0711. The molecule has 4 heteroatoms. The van der Waals surface area contributed by atoms with Crippen LogP contribution >= 0.6 is 0 Å². The quantitative estimate of drug-likeness (QED) is 0.837. The molecule has 0 atom stereocenters. The van der Waals surface area contributed by atoms with Crippen LogP contribution < -0.4 is 5.32 Å². The minimum Gasteiger partial charge on any atom is -0.357 e. The number of amides is 1. The molecule has 0 spiro atoms. The van der Waals surface area contributed by atoms with Crippen molar-refractivity contribution in [1.82, 2.24) is 15.2 Å². The van der Waals surface area contributed by atoms with Crippen LogP contribution in [0, 0.1) is 5.92 Å². The molecule has 100 valence electrons. The van der Waals surface area contributed by atoms with Gasteiger partial charge in [-0.05, 0) is 50.4 Å². The monoisotopic (exact) mass is 249 g/mol. The van der Waals surface area contributed by atoms with Gasteiger partial charge in [0.05, 0.1) is 0 Å². The van der Waals surface area contributed by atoms with Crippen LogP contribution in [0.5, 0.6) is 0 Å². The van der Waals surface area contributed by atoms with E-state index >= 15 is 0 Å². The average molecular weight is 249 g/mol. The van der Waals surface area contributed by atoms with E-state index in [2.05, 4.69) is 17.2 Å². The molecule has 1 aliphatic heterocycles. The average Bonchev–Trinajstić information content (AvgIpc) is 2.92. The smallest absolute Gasteiger partial charge is 0.270 e. The van der Waals surface area contributed by atoms with Gasteiger partial charge in [0.1, 0.15) is 5.69 Å². The molecule has 1 saturated heterocycles. The highest BCUT2D eigenvalue weighted by atomic mass is 16.2. The molecule has 0 aromatic carbocycles. The molecule has 4 nitrogen and oxygen atoms in total. The van der Waals surface area contributed by atoms with E-state index < -0.39 is 0 Å². The number of rotatable bonds is 5. The van der Waals surface area contributed by atoms with Gasteiger partial charge in [0.2, 0.25) is 0 Å². The zero-order valence-corrected chi connectivity index (χ0v) is 11.1. The van der Waals surface area contributed by atoms with Gasteiger partial charge in [0.15, 0.2) is 0 Å². The van der Waals surface area contributed by atoms with E-state index in [4.69, 9.17) is 0 Å². The Morgan fingerprint density at radius 3 is 2.83 bits per heavy atom. The minimum atomic E-state index is 0.139. The standard InChI is InChI=1S/C14H23N3O/c1-2-10-17(11-12-5-8-15-9-6-12)14(18)13-4-3-7-16-13/h3-4,7,12,15-16H,2,5-6,8-11H2,1H3. The molecule has 0 aliphatic carbocycles. The van der Waals surface area contributed by atoms with Crippen molar-refractivity contribution < 1.29 is 4.79 Å². The Bertz CT molecular complexity index is 355. The summed E-state index contributed by atoms with van der Waals surface area (Å²) in [6.07, 6.45) is 5.18. The first-order valence-corrected chi connectivity index (χ1v) is 6.94. The van der Waals surface area contributed by atoms with Crippen LogP contribution in [0.25, 0.3) is 0 Å². The van der Waals surface area contributed by atoms with Gasteiger partial charge < -0.3 is 15.2 Å². The van der Waals surface area contributed by atoms with Crippen LogP contribution in [-0.4, -0.2) is 42.0 Å². The topological polar surface area (TPSA) is 48.1 Å². The summed E-state index contributed by atoms with van der Waals surface area (Å²) in [7, 11) is 0.